The molecule has 0 saturated heterocycles. The number of aliphatic imine (C=N–C) groups is 1. The molecule has 3 N–H and O–H groups in total. The quantitative estimate of drug-likeness (QED) is 0.818. The van der Waals surface area contributed by atoms with Crippen molar-refractivity contribution in [2.24, 2.45) is 10.7 Å². The standard InChI is InChI=1S/C9H9BrN2OS/c10-7-3-1-6(2-4-7)9(13)5-14-8(11)12-9/h1-4,13H,5H2,(H2,11,12). The number of hydrogen-bond donors (Lipinski definition) is 2. The third kappa shape index (κ3) is 1.80. The van der Waals surface area contributed by atoms with Crippen molar-refractivity contribution < 1.29 is 5.11 Å². The number of thioether (sulfide) groups is 1. The molecule has 0 saturated carbocycles. The molecule has 1 aromatic carbocycles. The highest BCUT2D eigenvalue weighted by atomic mass is 79.9. The Labute approximate surface area is 94.5 Å². The van der Waals surface area contributed by atoms with Crippen LogP contribution in [0, 0.1) is 0 Å². The van der Waals surface area contributed by atoms with Gasteiger partial charge in [0.25, 0.3) is 0 Å². The van der Waals surface area contributed by atoms with Crippen LogP contribution in [0.15, 0.2) is 33.7 Å². The van der Waals surface area contributed by atoms with Gasteiger partial charge in [-0.25, -0.2) is 4.99 Å². The van der Waals surface area contributed by atoms with Crippen LogP contribution in [0.2, 0.25) is 0 Å². The lowest BCUT2D eigenvalue weighted by Gasteiger charge is -2.18. The molecule has 5 heteroatoms. The fourth-order valence-electron chi connectivity index (χ4n) is 1.29. The van der Waals surface area contributed by atoms with Gasteiger partial charge in [0.2, 0.25) is 0 Å². The van der Waals surface area contributed by atoms with E-state index >= 15 is 0 Å². The van der Waals surface area contributed by atoms with E-state index in [-0.39, 0.29) is 0 Å². The molecule has 1 aromatic rings. The average Bonchev–Trinajstić information content (AvgIpc) is 2.48. The van der Waals surface area contributed by atoms with Gasteiger partial charge in [0.05, 0.1) is 5.75 Å². The summed E-state index contributed by atoms with van der Waals surface area (Å²) in [5.74, 6) is 0.487. The predicted octanol–water partition coefficient (Wildman–Crippen LogP) is 1.66. The molecule has 1 aliphatic rings. The molecule has 0 aromatic heterocycles. The van der Waals surface area contributed by atoms with E-state index in [0.29, 0.717) is 10.9 Å². The summed E-state index contributed by atoms with van der Waals surface area (Å²) in [6.45, 7) is 0. The van der Waals surface area contributed by atoms with Crippen LogP contribution in [0.4, 0.5) is 0 Å². The lowest BCUT2D eigenvalue weighted by Crippen LogP contribution is -2.23. The number of amidine groups is 1. The first-order valence-electron chi connectivity index (χ1n) is 4.07. The third-order valence-corrected chi connectivity index (χ3v) is 3.49. The molecule has 74 valence electrons. The Hall–Kier alpha value is -0.520. The zero-order valence-electron chi connectivity index (χ0n) is 7.27. The SMILES string of the molecule is NC1=NC(O)(c2ccc(Br)cc2)CS1. The molecular formula is C9H9BrN2OS. The van der Waals surface area contributed by atoms with E-state index in [1.54, 1.807) is 0 Å². The number of nitrogens with two attached hydrogens (primary N) is 1. The second-order valence-electron chi connectivity index (χ2n) is 3.06. The Morgan fingerprint density at radius 3 is 2.57 bits per heavy atom. The van der Waals surface area contributed by atoms with E-state index in [2.05, 4.69) is 20.9 Å². The van der Waals surface area contributed by atoms with E-state index in [1.165, 1.54) is 11.8 Å². The summed E-state index contributed by atoms with van der Waals surface area (Å²) in [6, 6.07) is 7.43. The molecule has 0 radical (unpaired) electrons. The molecule has 1 aliphatic heterocycles. The largest absolute Gasteiger partial charge is 0.378 e. The molecule has 14 heavy (non-hydrogen) atoms. The molecule has 0 amide bonds. The molecular weight excluding hydrogens is 264 g/mol. The van der Waals surface area contributed by atoms with Gasteiger partial charge in [-0.2, -0.15) is 0 Å². The normalized spacial score (nSPS) is 26.3. The van der Waals surface area contributed by atoms with Crippen LogP contribution < -0.4 is 5.73 Å². The monoisotopic (exact) mass is 272 g/mol. The summed E-state index contributed by atoms with van der Waals surface area (Å²) in [6.07, 6.45) is 0. The maximum absolute atomic E-state index is 10.1. The summed E-state index contributed by atoms with van der Waals surface area (Å²) in [4.78, 5) is 4.02. The fraction of sp³-hybridized carbons (Fsp3) is 0.222. The van der Waals surface area contributed by atoms with Gasteiger partial charge in [-0.15, -0.1) is 0 Å². The average molecular weight is 273 g/mol. The minimum atomic E-state index is -1.14. The van der Waals surface area contributed by atoms with Crippen LogP contribution in [-0.2, 0) is 5.72 Å². The first kappa shape index (κ1) is 10.0. The highest BCUT2D eigenvalue weighted by Crippen LogP contribution is 2.33. The number of benzene rings is 1. The van der Waals surface area contributed by atoms with E-state index < -0.39 is 5.72 Å². The van der Waals surface area contributed by atoms with Gasteiger partial charge in [-0.1, -0.05) is 39.8 Å². The lowest BCUT2D eigenvalue weighted by molar-refractivity contribution is 0.0757. The van der Waals surface area contributed by atoms with E-state index in [9.17, 15) is 5.11 Å². The summed E-state index contributed by atoms with van der Waals surface area (Å²) >= 11 is 4.71. The van der Waals surface area contributed by atoms with Gasteiger partial charge in [-0.05, 0) is 12.1 Å². The summed E-state index contributed by atoms with van der Waals surface area (Å²) < 4.78 is 0.979. The zero-order valence-corrected chi connectivity index (χ0v) is 9.68. The number of aliphatic hydroxyl groups is 1. The van der Waals surface area contributed by atoms with E-state index in [1.807, 2.05) is 24.3 Å². The summed E-state index contributed by atoms with van der Waals surface area (Å²) in [5, 5.41) is 10.6. The van der Waals surface area contributed by atoms with Gasteiger partial charge in [0.15, 0.2) is 10.9 Å². The van der Waals surface area contributed by atoms with Crippen LogP contribution in [0.3, 0.4) is 0 Å². The fourth-order valence-corrected chi connectivity index (χ4v) is 2.35. The smallest absolute Gasteiger partial charge is 0.194 e. The topological polar surface area (TPSA) is 58.6 Å². The molecule has 0 aliphatic carbocycles. The van der Waals surface area contributed by atoms with Crippen molar-refractivity contribution in [2.45, 2.75) is 5.72 Å². The van der Waals surface area contributed by atoms with Crippen molar-refractivity contribution in [3.63, 3.8) is 0 Å². The number of rotatable bonds is 1. The van der Waals surface area contributed by atoms with Gasteiger partial charge in [0, 0.05) is 10.0 Å². The highest BCUT2D eigenvalue weighted by Gasteiger charge is 2.33. The number of halogens is 1. The zero-order chi connectivity index (χ0) is 10.2. The maximum atomic E-state index is 10.1. The minimum Gasteiger partial charge on any atom is -0.378 e. The molecule has 1 atom stereocenters. The Morgan fingerprint density at radius 2 is 2.07 bits per heavy atom. The van der Waals surface area contributed by atoms with Crippen molar-refractivity contribution in [3.05, 3.63) is 34.3 Å². The molecule has 0 spiro atoms. The van der Waals surface area contributed by atoms with Crippen molar-refractivity contribution in [1.29, 1.82) is 0 Å². The summed E-state index contributed by atoms with van der Waals surface area (Å²) in [5.41, 5.74) is 5.15. The molecule has 0 fully saturated rings. The molecule has 3 nitrogen and oxygen atoms in total. The number of nitrogens with zero attached hydrogens (tertiary/aromatic N) is 1. The molecule has 2 rings (SSSR count). The van der Waals surface area contributed by atoms with Crippen LogP contribution >= 0.6 is 27.7 Å². The van der Waals surface area contributed by atoms with E-state index in [0.717, 1.165) is 10.0 Å². The van der Waals surface area contributed by atoms with Crippen LogP contribution in [0.1, 0.15) is 5.56 Å². The lowest BCUT2D eigenvalue weighted by atomic mass is 10.1. The Bertz CT molecular complexity index is 379. The second-order valence-corrected chi connectivity index (χ2v) is 4.97. The highest BCUT2D eigenvalue weighted by molar-refractivity contribution is 9.10. The Morgan fingerprint density at radius 1 is 1.43 bits per heavy atom. The van der Waals surface area contributed by atoms with Crippen molar-refractivity contribution in [3.8, 4) is 0 Å². The molecule has 1 heterocycles. The van der Waals surface area contributed by atoms with Crippen LogP contribution in [0.5, 0.6) is 0 Å². The predicted molar refractivity (Wildman–Crippen MR) is 62.1 cm³/mol. The van der Waals surface area contributed by atoms with Crippen LogP contribution in [-0.4, -0.2) is 16.0 Å². The van der Waals surface area contributed by atoms with Gasteiger partial charge in [0.1, 0.15) is 0 Å². The van der Waals surface area contributed by atoms with Crippen molar-refractivity contribution in [1.82, 2.24) is 0 Å². The molecule has 1 unspecified atom stereocenters. The van der Waals surface area contributed by atoms with Gasteiger partial charge >= 0.3 is 0 Å². The first-order chi connectivity index (χ1) is 6.60. The van der Waals surface area contributed by atoms with Crippen LogP contribution in [0.25, 0.3) is 0 Å². The van der Waals surface area contributed by atoms with Crippen molar-refractivity contribution >= 4 is 32.9 Å². The maximum Gasteiger partial charge on any atom is 0.194 e. The number of hydrogen-bond acceptors (Lipinski definition) is 4. The second kappa shape index (κ2) is 3.56. The van der Waals surface area contributed by atoms with E-state index in [4.69, 9.17) is 5.73 Å². The van der Waals surface area contributed by atoms with Crippen molar-refractivity contribution in [2.75, 3.05) is 5.75 Å². The van der Waals surface area contributed by atoms with Gasteiger partial charge < -0.3 is 10.8 Å². The minimum absolute atomic E-state index is 0.440. The van der Waals surface area contributed by atoms with Gasteiger partial charge in [-0.3, -0.25) is 0 Å². The Balaban J connectivity index is 2.35. The molecule has 0 bridgehead atoms. The summed E-state index contributed by atoms with van der Waals surface area (Å²) in [7, 11) is 0. The first-order valence-corrected chi connectivity index (χ1v) is 5.84. The third-order valence-electron chi connectivity index (χ3n) is 2.02. The Kier molecular flexibility index (Phi) is 2.55.